The lowest BCUT2D eigenvalue weighted by molar-refractivity contribution is 0.184. The second-order valence-electron chi connectivity index (χ2n) is 6.93. The van der Waals surface area contributed by atoms with Crippen LogP contribution in [0.5, 0.6) is 0 Å². The third-order valence-electron chi connectivity index (χ3n) is 4.88. The molecule has 30 heavy (non-hydrogen) atoms. The maximum absolute atomic E-state index is 12.0. The highest BCUT2D eigenvalue weighted by Gasteiger charge is 2.16. The molecule has 0 aliphatic heterocycles. The Kier molecular flexibility index (Phi) is 7.36. The van der Waals surface area contributed by atoms with Crippen LogP contribution in [0.15, 0.2) is 77.7 Å². The molecule has 0 fully saturated rings. The Morgan fingerprint density at radius 2 is 1.70 bits per heavy atom. The van der Waals surface area contributed by atoms with Gasteiger partial charge in [-0.2, -0.15) is 0 Å². The van der Waals surface area contributed by atoms with Gasteiger partial charge in [0.1, 0.15) is 0 Å². The van der Waals surface area contributed by atoms with E-state index in [1.165, 1.54) is 6.07 Å². The molecule has 3 aromatic carbocycles. The standard InChI is InChI=1S/C23H26N2O4S/c1-29-13-12-25-23(16-26)19-9-5-8-18(14-19)22-15-20(30(24,27)28)10-11-21(22)17-6-3-2-4-7-17/h2-11,14-15,23,25-26H,12-13,16H2,1H3,(H2,24,27,28). The molecule has 3 rings (SSSR count). The number of nitrogens with one attached hydrogen (secondary N) is 1. The first kappa shape index (κ1) is 22.1. The van der Waals surface area contributed by atoms with Gasteiger partial charge in [0, 0.05) is 13.7 Å². The van der Waals surface area contributed by atoms with Gasteiger partial charge >= 0.3 is 0 Å². The van der Waals surface area contributed by atoms with E-state index < -0.39 is 10.0 Å². The van der Waals surface area contributed by atoms with Gasteiger partial charge in [-0.05, 0) is 46.0 Å². The summed E-state index contributed by atoms with van der Waals surface area (Å²) in [6.07, 6.45) is 0. The van der Waals surface area contributed by atoms with Crippen LogP contribution in [0.4, 0.5) is 0 Å². The molecule has 3 aromatic rings. The van der Waals surface area contributed by atoms with Crippen LogP contribution in [-0.2, 0) is 14.8 Å². The molecule has 1 atom stereocenters. The lowest BCUT2D eigenvalue weighted by Gasteiger charge is -2.18. The first-order chi connectivity index (χ1) is 14.4. The second-order valence-corrected chi connectivity index (χ2v) is 8.49. The topological polar surface area (TPSA) is 102 Å². The summed E-state index contributed by atoms with van der Waals surface area (Å²) in [5.74, 6) is 0. The summed E-state index contributed by atoms with van der Waals surface area (Å²) in [6, 6.07) is 22.1. The van der Waals surface area contributed by atoms with Crippen LogP contribution < -0.4 is 10.5 Å². The molecule has 0 aromatic heterocycles. The molecule has 0 bridgehead atoms. The number of nitrogens with two attached hydrogens (primary N) is 1. The molecule has 1 unspecified atom stereocenters. The van der Waals surface area contributed by atoms with E-state index in [1.54, 1.807) is 19.2 Å². The van der Waals surface area contributed by atoms with Crippen molar-refractivity contribution in [2.24, 2.45) is 5.14 Å². The summed E-state index contributed by atoms with van der Waals surface area (Å²) in [6.45, 7) is 1.06. The summed E-state index contributed by atoms with van der Waals surface area (Å²) in [5.41, 5.74) is 4.35. The highest BCUT2D eigenvalue weighted by Crippen LogP contribution is 2.34. The molecular weight excluding hydrogens is 400 g/mol. The Balaban J connectivity index is 2.09. The monoisotopic (exact) mass is 426 g/mol. The van der Waals surface area contributed by atoms with Gasteiger partial charge in [0.05, 0.1) is 24.2 Å². The van der Waals surface area contributed by atoms with Crippen LogP contribution in [0.2, 0.25) is 0 Å². The van der Waals surface area contributed by atoms with Gasteiger partial charge in [-0.15, -0.1) is 0 Å². The number of methoxy groups -OCH3 is 1. The van der Waals surface area contributed by atoms with E-state index in [-0.39, 0.29) is 17.5 Å². The molecule has 0 aliphatic rings. The van der Waals surface area contributed by atoms with Crippen molar-refractivity contribution in [1.29, 1.82) is 0 Å². The van der Waals surface area contributed by atoms with Crippen molar-refractivity contribution in [3.63, 3.8) is 0 Å². The van der Waals surface area contributed by atoms with Gasteiger partial charge in [0.2, 0.25) is 10.0 Å². The zero-order chi connectivity index (χ0) is 21.6. The number of sulfonamides is 1. The van der Waals surface area contributed by atoms with Crippen molar-refractivity contribution in [1.82, 2.24) is 5.32 Å². The third-order valence-corrected chi connectivity index (χ3v) is 5.79. The number of ether oxygens (including phenoxy) is 1. The van der Waals surface area contributed by atoms with E-state index in [2.05, 4.69) is 5.32 Å². The van der Waals surface area contributed by atoms with Gasteiger partial charge in [-0.3, -0.25) is 0 Å². The molecule has 0 spiro atoms. The quantitative estimate of drug-likeness (QED) is 0.457. The van der Waals surface area contributed by atoms with Crippen molar-refractivity contribution < 1.29 is 18.3 Å². The molecule has 0 heterocycles. The molecular formula is C23H26N2O4S. The molecule has 0 saturated heterocycles. The third kappa shape index (κ3) is 5.33. The van der Waals surface area contributed by atoms with Crippen LogP contribution >= 0.6 is 0 Å². The average Bonchev–Trinajstić information content (AvgIpc) is 2.76. The van der Waals surface area contributed by atoms with Crippen LogP contribution in [0, 0.1) is 0 Å². The maximum Gasteiger partial charge on any atom is 0.238 e. The van der Waals surface area contributed by atoms with Gasteiger partial charge in [0.15, 0.2) is 0 Å². The Bertz CT molecular complexity index is 1090. The number of rotatable bonds is 9. The lowest BCUT2D eigenvalue weighted by Crippen LogP contribution is -2.27. The summed E-state index contributed by atoms with van der Waals surface area (Å²) in [4.78, 5) is 0.0551. The minimum absolute atomic E-state index is 0.0551. The summed E-state index contributed by atoms with van der Waals surface area (Å²) in [7, 11) is -2.22. The fraction of sp³-hybridized carbons (Fsp3) is 0.217. The molecule has 0 aliphatic carbocycles. The SMILES string of the molecule is COCCNC(CO)c1cccc(-c2cc(S(N)(=O)=O)ccc2-c2ccccc2)c1. The van der Waals surface area contributed by atoms with E-state index in [4.69, 9.17) is 9.88 Å². The highest BCUT2D eigenvalue weighted by atomic mass is 32.2. The van der Waals surface area contributed by atoms with Crippen LogP contribution in [0.1, 0.15) is 11.6 Å². The molecule has 6 nitrogen and oxygen atoms in total. The first-order valence-corrected chi connectivity index (χ1v) is 11.1. The van der Waals surface area contributed by atoms with Gasteiger partial charge in [-0.25, -0.2) is 13.6 Å². The molecule has 0 radical (unpaired) electrons. The number of hydrogen-bond donors (Lipinski definition) is 3. The molecule has 0 saturated carbocycles. The largest absolute Gasteiger partial charge is 0.394 e. The predicted molar refractivity (Wildman–Crippen MR) is 118 cm³/mol. The minimum atomic E-state index is -3.84. The zero-order valence-electron chi connectivity index (χ0n) is 16.8. The van der Waals surface area contributed by atoms with Crippen LogP contribution in [0.3, 0.4) is 0 Å². The molecule has 158 valence electrons. The fourth-order valence-electron chi connectivity index (χ4n) is 3.35. The summed E-state index contributed by atoms with van der Waals surface area (Å²) < 4.78 is 29.0. The van der Waals surface area contributed by atoms with E-state index in [0.29, 0.717) is 13.2 Å². The normalized spacial score (nSPS) is 12.6. The van der Waals surface area contributed by atoms with Crippen molar-refractivity contribution in [2.45, 2.75) is 10.9 Å². The Morgan fingerprint density at radius 1 is 0.967 bits per heavy atom. The van der Waals surface area contributed by atoms with E-state index in [1.807, 2.05) is 54.6 Å². The average molecular weight is 427 g/mol. The van der Waals surface area contributed by atoms with Gasteiger partial charge in [0.25, 0.3) is 0 Å². The van der Waals surface area contributed by atoms with E-state index in [9.17, 15) is 13.5 Å². The van der Waals surface area contributed by atoms with Crippen LogP contribution in [0.25, 0.3) is 22.3 Å². The molecule has 7 heteroatoms. The number of primary sulfonamides is 1. The van der Waals surface area contributed by atoms with Gasteiger partial charge in [-0.1, -0.05) is 54.6 Å². The predicted octanol–water partition coefficient (Wildman–Crippen LogP) is 2.94. The minimum Gasteiger partial charge on any atom is -0.394 e. The van der Waals surface area contributed by atoms with Gasteiger partial charge < -0.3 is 15.2 Å². The second kappa shape index (κ2) is 9.97. The number of aliphatic hydroxyl groups is 1. The zero-order valence-corrected chi connectivity index (χ0v) is 17.6. The Hall–Kier alpha value is -2.55. The summed E-state index contributed by atoms with van der Waals surface area (Å²) >= 11 is 0. The van der Waals surface area contributed by atoms with Crippen LogP contribution in [-0.4, -0.2) is 40.4 Å². The molecule has 0 amide bonds. The Morgan fingerprint density at radius 3 is 2.37 bits per heavy atom. The highest BCUT2D eigenvalue weighted by molar-refractivity contribution is 7.89. The van der Waals surface area contributed by atoms with Crippen molar-refractivity contribution in [3.8, 4) is 22.3 Å². The van der Waals surface area contributed by atoms with Crippen molar-refractivity contribution in [2.75, 3.05) is 26.9 Å². The number of benzene rings is 3. The van der Waals surface area contributed by atoms with Crippen molar-refractivity contribution in [3.05, 3.63) is 78.4 Å². The smallest absolute Gasteiger partial charge is 0.238 e. The van der Waals surface area contributed by atoms with E-state index in [0.717, 1.165) is 27.8 Å². The summed E-state index contributed by atoms with van der Waals surface area (Å²) in [5, 5.41) is 18.5. The number of hydrogen-bond acceptors (Lipinski definition) is 5. The lowest BCUT2D eigenvalue weighted by atomic mass is 9.93. The first-order valence-electron chi connectivity index (χ1n) is 9.60. The fourth-order valence-corrected chi connectivity index (χ4v) is 3.89. The van der Waals surface area contributed by atoms with Crippen molar-refractivity contribution >= 4 is 10.0 Å². The number of aliphatic hydroxyl groups excluding tert-OH is 1. The maximum atomic E-state index is 12.0. The Labute approximate surface area is 177 Å². The van der Waals surface area contributed by atoms with E-state index >= 15 is 0 Å². The molecule has 4 N–H and O–H groups in total.